The summed E-state index contributed by atoms with van der Waals surface area (Å²) in [5.41, 5.74) is 0. The maximum absolute atomic E-state index is 9.77. The smallest absolute Gasteiger partial charge is 0.165 e. The Labute approximate surface area is 97.2 Å². The van der Waals surface area contributed by atoms with Crippen LogP contribution in [0.25, 0.3) is 21.5 Å². The van der Waals surface area contributed by atoms with Gasteiger partial charge in [0.1, 0.15) is 5.75 Å². The Kier molecular flexibility index (Phi) is 1.89. The molecule has 0 spiro atoms. The molecule has 0 aliphatic rings. The molecule has 0 aliphatic carbocycles. The van der Waals surface area contributed by atoms with E-state index in [1.807, 2.05) is 6.07 Å². The van der Waals surface area contributed by atoms with Crippen LogP contribution in [0.4, 0.5) is 0 Å². The van der Waals surface area contributed by atoms with Gasteiger partial charge < -0.3 is 15.3 Å². The molecule has 0 heterocycles. The first-order valence-corrected chi connectivity index (χ1v) is 5.23. The predicted octanol–water partition coefficient (Wildman–Crippen LogP) is 3.11. The monoisotopic (exact) mass is 226 g/mol. The van der Waals surface area contributed by atoms with E-state index in [9.17, 15) is 15.3 Å². The lowest BCUT2D eigenvalue weighted by atomic mass is 10.0. The Morgan fingerprint density at radius 2 is 1.35 bits per heavy atom. The molecule has 0 amide bonds. The van der Waals surface area contributed by atoms with E-state index in [2.05, 4.69) is 0 Å². The number of rotatable bonds is 0. The molecular formula is C14H10O3. The van der Waals surface area contributed by atoms with Crippen molar-refractivity contribution in [2.45, 2.75) is 0 Å². The molecule has 0 unspecified atom stereocenters. The van der Waals surface area contributed by atoms with E-state index in [0.717, 1.165) is 16.2 Å². The molecule has 3 aromatic carbocycles. The predicted molar refractivity (Wildman–Crippen MR) is 66.4 cm³/mol. The van der Waals surface area contributed by atoms with Gasteiger partial charge in [-0.05, 0) is 35.0 Å². The number of hydrogen-bond acceptors (Lipinski definition) is 3. The van der Waals surface area contributed by atoms with Crippen LogP contribution in [-0.2, 0) is 0 Å². The molecule has 3 aromatic rings. The van der Waals surface area contributed by atoms with Crippen LogP contribution in [0.1, 0.15) is 0 Å². The van der Waals surface area contributed by atoms with E-state index in [0.29, 0.717) is 5.39 Å². The summed E-state index contributed by atoms with van der Waals surface area (Å²) in [5, 5.41) is 31.9. The van der Waals surface area contributed by atoms with Gasteiger partial charge in [0.2, 0.25) is 0 Å². The van der Waals surface area contributed by atoms with Crippen molar-refractivity contribution in [3.8, 4) is 17.2 Å². The topological polar surface area (TPSA) is 60.7 Å². The Balaban J connectivity index is 2.52. The molecule has 0 fully saturated rings. The van der Waals surface area contributed by atoms with Gasteiger partial charge in [-0.2, -0.15) is 0 Å². The molecule has 0 radical (unpaired) electrons. The first-order chi connectivity index (χ1) is 8.16. The van der Waals surface area contributed by atoms with Gasteiger partial charge in [0.05, 0.1) is 0 Å². The van der Waals surface area contributed by atoms with Crippen LogP contribution in [0, 0.1) is 0 Å². The molecule has 84 valence electrons. The molecule has 0 bridgehead atoms. The maximum atomic E-state index is 9.77. The Hall–Kier alpha value is -2.42. The van der Waals surface area contributed by atoms with Crippen molar-refractivity contribution in [3.63, 3.8) is 0 Å². The minimum Gasteiger partial charge on any atom is -0.507 e. The van der Waals surface area contributed by atoms with Crippen molar-refractivity contribution in [1.29, 1.82) is 0 Å². The summed E-state index contributed by atoms with van der Waals surface area (Å²) in [4.78, 5) is 0. The molecule has 3 nitrogen and oxygen atoms in total. The summed E-state index contributed by atoms with van der Waals surface area (Å²) in [7, 11) is 0. The number of hydrogen-bond donors (Lipinski definition) is 3. The Bertz CT molecular complexity index is 732. The quantitative estimate of drug-likeness (QED) is 0.407. The molecule has 17 heavy (non-hydrogen) atoms. The van der Waals surface area contributed by atoms with E-state index in [1.54, 1.807) is 30.3 Å². The Morgan fingerprint density at radius 3 is 2.18 bits per heavy atom. The highest BCUT2D eigenvalue weighted by Gasteiger charge is 2.07. The average Bonchev–Trinajstić information content (AvgIpc) is 2.33. The molecule has 3 heteroatoms. The van der Waals surface area contributed by atoms with E-state index >= 15 is 0 Å². The zero-order valence-electron chi connectivity index (χ0n) is 8.88. The molecule has 0 saturated heterocycles. The average molecular weight is 226 g/mol. The summed E-state index contributed by atoms with van der Waals surface area (Å²) in [5.74, 6) is -0.0679. The molecule has 0 aliphatic heterocycles. The van der Waals surface area contributed by atoms with Crippen molar-refractivity contribution in [3.05, 3.63) is 42.5 Å². The summed E-state index contributed by atoms with van der Waals surface area (Å²) < 4.78 is 0. The highest BCUT2D eigenvalue weighted by Crippen LogP contribution is 2.37. The Morgan fingerprint density at radius 1 is 0.647 bits per heavy atom. The SMILES string of the molecule is Oc1ccc2cc3c(O)cccc3cc2c1O. The highest BCUT2D eigenvalue weighted by atomic mass is 16.3. The lowest BCUT2D eigenvalue weighted by Gasteiger charge is -2.06. The van der Waals surface area contributed by atoms with Crippen LogP contribution in [0.3, 0.4) is 0 Å². The molecule has 0 atom stereocenters. The summed E-state index contributed by atoms with van der Waals surface area (Å²) in [6.45, 7) is 0. The second-order valence-corrected chi connectivity index (χ2v) is 4.00. The third-order valence-electron chi connectivity index (χ3n) is 2.95. The van der Waals surface area contributed by atoms with Crippen LogP contribution < -0.4 is 0 Å². The second-order valence-electron chi connectivity index (χ2n) is 4.00. The highest BCUT2D eigenvalue weighted by molar-refractivity contribution is 6.03. The minimum atomic E-state index is -0.142. The number of aromatic hydroxyl groups is 3. The zero-order chi connectivity index (χ0) is 12.0. The fourth-order valence-electron chi connectivity index (χ4n) is 2.05. The van der Waals surface area contributed by atoms with E-state index < -0.39 is 0 Å². The van der Waals surface area contributed by atoms with Crippen LogP contribution in [0.15, 0.2) is 42.5 Å². The van der Waals surface area contributed by atoms with Crippen LogP contribution in [0.2, 0.25) is 0 Å². The maximum Gasteiger partial charge on any atom is 0.165 e. The fourth-order valence-corrected chi connectivity index (χ4v) is 2.05. The molecule has 0 saturated carbocycles. The lowest BCUT2D eigenvalue weighted by molar-refractivity contribution is 0.408. The fraction of sp³-hybridized carbons (Fsp3) is 0. The number of benzene rings is 3. The number of fused-ring (bicyclic) bond motifs is 2. The van der Waals surface area contributed by atoms with Crippen molar-refractivity contribution in [2.75, 3.05) is 0 Å². The van der Waals surface area contributed by atoms with E-state index in [4.69, 9.17) is 0 Å². The van der Waals surface area contributed by atoms with Crippen LogP contribution >= 0.6 is 0 Å². The van der Waals surface area contributed by atoms with Crippen LogP contribution in [0.5, 0.6) is 17.2 Å². The zero-order valence-corrected chi connectivity index (χ0v) is 8.88. The van der Waals surface area contributed by atoms with Crippen molar-refractivity contribution in [1.82, 2.24) is 0 Å². The van der Waals surface area contributed by atoms with E-state index in [-0.39, 0.29) is 17.2 Å². The number of phenols is 3. The minimum absolute atomic E-state index is 0.132. The molecular weight excluding hydrogens is 216 g/mol. The van der Waals surface area contributed by atoms with Gasteiger partial charge in [-0.3, -0.25) is 0 Å². The van der Waals surface area contributed by atoms with Crippen molar-refractivity contribution < 1.29 is 15.3 Å². The first kappa shape index (κ1) is 9.78. The standard InChI is InChI=1S/C14H10O3/c15-12-3-1-2-8-7-11-9(6-10(8)12)4-5-13(16)14(11)17/h1-7,15-17H. The largest absolute Gasteiger partial charge is 0.507 e. The molecule has 0 aromatic heterocycles. The van der Waals surface area contributed by atoms with Gasteiger partial charge in [-0.15, -0.1) is 0 Å². The van der Waals surface area contributed by atoms with Crippen molar-refractivity contribution in [2.24, 2.45) is 0 Å². The third-order valence-corrected chi connectivity index (χ3v) is 2.95. The van der Waals surface area contributed by atoms with Crippen LogP contribution in [-0.4, -0.2) is 15.3 Å². The van der Waals surface area contributed by atoms with Gasteiger partial charge >= 0.3 is 0 Å². The lowest BCUT2D eigenvalue weighted by Crippen LogP contribution is -1.79. The molecule has 3 N–H and O–H groups in total. The van der Waals surface area contributed by atoms with Gasteiger partial charge in [-0.1, -0.05) is 18.2 Å². The van der Waals surface area contributed by atoms with Gasteiger partial charge in [0.25, 0.3) is 0 Å². The van der Waals surface area contributed by atoms with E-state index in [1.165, 1.54) is 6.07 Å². The van der Waals surface area contributed by atoms with Gasteiger partial charge in [0, 0.05) is 10.8 Å². The molecule has 3 rings (SSSR count). The normalized spacial score (nSPS) is 11.1. The van der Waals surface area contributed by atoms with Gasteiger partial charge in [0.15, 0.2) is 11.5 Å². The first-order valence-electron chi connectivity index (χ1n) is 5.23. The number of phenolic OH excluding ortho intramolecular Hbond substituents is 3. The van der Waals surface area contributed by atoms with Gasteiger partial charge in [-0.25, -0.2) is 0 Å². The summed E-state index contributed by atoms with van der Waals surface area (Å²) in [6, 6.07) is 11.9. The second kappa shape index (κ2) is 3.28. The third kappa shape index (κ3) is 1.36. The van der Waals surface area contributed by atoms with Crippen molar-refractivity contribution >= 4 is 21.5 Å². The summed E-state index contributed by atoms with van der Waals surface area (Å²) >= 11 is 0. The summed E-state index contributed by atoms with van der Waals surface area (Å²) in [6.07, 6.45) is 0.